The van der Waals surface area contributed by atoms with Gasteiger partial charge in [0, 0.05) is 36.9 Å². The Morgan fingerprint density at radius 2 is 2.07 bits per heavy atom. The van der Waals surface area contributed by atoms with Crippen LogP contribution in [-0.4, -0.2) is 45.2 Å². The summed E-state index contributed by atoms with van der Waals surface area (Å²) < 4.78 is 5.35. The summed E-state index contributed by atoms with van der Waals surface area (Å²) in [6.45, 7) is 3.57. The molecule has 1 spiro atoms. The third kappa shape index (κ3) is 3.97. The number of aliphatic hydroxyl groups is 1. The molecule has 1 amide bonds. The first-order valence-corrected chi connectivity index (χ1v) is 10.4. The maximum atomic E-state index is 12.7. The predicted octanol–water partition coefficient (Wildman–Crippen LogP) is 3.52. The Bertz CT molecular complexity index is 817. The minimum atomic E-state index is -0.248. The van der Waals surface area contributed by atoms with Gasteiger partial charge in [-0.3, -0.25) is 4.79 Å². The Morgan fingerprint density at radius 3 is 2.82 bits per heavy atom. The summed E-state index contributed by atoms with van der Waals surface area (Å²) in [5, 5.41) is 14.4. The maximum Gasteiger partial charge on any atom is 0.226 e. The SMILES string of the molecule is Cc1ccc(-c2noc(CCCC(=O)N3CCC[C@@]4(CCC[C@H]4O)C3)n2)cc1. The van der Waals surface area contributed by atoms with Gasteiger partial charge in [0.2, 0.25) is 17.6 Å². The summed E-state index contributed by atoms with van der Waals surface area (Å²) in [7, 11) is 0. The molecule has 6 nitrogen and oxygen atoms in total. The first-order valence-electron chi connectivity index (χ1n) is 10.4. The summed E-state index contributed by atoms with van der Waals surface area (Å²) in [6.07, 6.45) is 6.56. The average Bonchev–Trinajstić information content (AvgIpc) is 3.30. The molecular weight excluding hydrogens is 354 g/mol. The molecule has 0 unspecified atom stereocenters. The zero-order valence-corrected chi connectivity index (χ0v) is 16.6. The molecule has 4 rings (SSSR count). The van der Waals surface area contributed by atoms with Crippen molar-refractivity contribution in [1.82, 2.24) is 15.0 Å². The number of benzene rings is 1. The molecule has 28 heavy (non-hydrogen) atoms. The van der Waals surface area contributed by atoms with Crippen LogP contribution in [0.15, 0.2) is 28.8 Å². The van der Waals surface area contributed by atoms with Crippen molar-refractivity contribution >= 4 is 5.91 Å². The van der Waals surface area contributed by atoms with E-state index in [-0.39, 0.29) is 17.4 Å². The lowest BCUT2D eigenvalue weighted by atomic mass is 9.76. The van der Waals surface area contributed by atoms with E-state index in [2.05, 4.69) is 10.1 Å². The number of hydrogen-bond donors (Lipinski definition) is 1. The fourth-order valence-electron chi connectivity index (χ4n) is 4.69. The summed E-state index contributed by atoms with van der Waals surface area (Å²) in [5.41, 5.74) is 2.07. The molecule has 2 aliphatic rings. The highest BCUT2D eigenvalue weighted by molar-refractivity contribution is 5.76. The Balaban J connectivity index is 1.28. The lowest BCUT2D eigenvalue weighted by Gasteiger charge is -2.42. The number of aromatic nitrogens is 2. The third-order valence-corrected chi connectivity index (χ3v) is 6.38. The summed E-state index contributed by atoms with van der Waals surface area (Å²) >= 11 is 0. The fourth-order valence-corrected chi connectivity index (χ4v) is 4.69. The van der Waals surface area contributed by atoms with Crippen LogP contribution in [-0.2, 0) is 11.2 Å². The smallest absolute Gasteiger partial charge is 0.226 e. The van der Waals surface area contributed by atoms with Crippen molar-refractivity contribution in [2.24, 2.45) is 5.41 Å². The molecule has 0 radical (unpaired) electrons. The van der Waals surface area contributed by atoms with Gasteiger partial charge in [-0.05, 0) is 39.0 Å². The van der Waals surface area contributed by atoms with Gasteiger partial charge >= 0.3 is 0 Å². The van der Waals surface area contributed by atoms with Crippen LogP contribution in [0, 0.1) is 12.3 Å². The van der Waals surface area contributed by atoms with Crippen molar-refractivity contribution in [1.29, 1.82) is 0 Å². The van der Waals surface area contributed by atoms with Gasteiger partial charge in [-0.25, -0.2) is 0 Å². The summed E-state index contributed by atoms with van der Waals surface area (Å²) in [6, 6.07) is 8.02. The fraction of sp³-hybridized carbons (Fsp3) is 0.591. The van der Waals surface area contributed by atoms with E-state index >= 15 is 0 Å². The highest BCUT2D eigenvalue weighted by Crippen LogP contribution is 2.45. The molecule has 2 atom stereocenters. The van der Waals surface area contributed by atoms with Crippen molar-refractivity contribution in [3.63, 3.8) is 0 Å². The zero-order chi connectivity index (χ0) is 19.6. The summed E-state index contributed by atoms with van der Waals surface area (Å²) in [5.74, 6) is 1.34. The second-order valence-electron chi connectivity index (χ2n) is 8.42. The van der Waals surface area contributed by atoms with Gasteiger partial charge in [-0.1, -0.05) is 41.4 Å². The van der Waals surface area contributed by atoms with E-state index in [1.807, 2.05) is 36.1 Å². The first kappa shape index (κ1) is 19.1. The van der Waals surface area contributed by atoms with Crippen LogP contribution >= 0.6 is 0 Å². The Morgan fingerprint density at radius 1 is 1.29 bits per heavy atom. The molecule has 1 aromatic carbocycles. The number of rotatable bonds is 5. The van der Waals surface area contributed by atoms with Gasteiger partial charge in [0.05, 0.1) is 6.10 Å². The van der Waals surface area contributed by atoms with Crippen LogP contribution in [0.3, 0.4) is 0 Å². The quantitative estimate of drug-likeness (QED) is 0.854. The maximum absolute atomic E-state index is 12.7. The normalized spacial score (nSPS) is 24.8. The predicted molar refractivity (Wildman–Crippen MR) is 106 cm³/mol. The van der Waals surface area contributed by atoms with Gasteiger partial charge in [0.1, 0.15) is 0 Å². The highest BCUT2D eigenvalue weighted by atomic mass is 16.5. The molecule has 1 aromatic heterocycles. The number of piperidine rings is 1. The molecule has 1 saturated heterocycles. The van der Waals surface area contributed by atoms with Gasteiger partial charge in [-0.2, -0.15) is 4.98 Å². The molecule has 2 fully saturated rings. The molecule has 1 saturated carbocycles. The Kier molecular flexibility index (Phi) is 5.49. The number of likely N-dealkylation sites (tertiary alicyclic amines) is 1. The van der Waals surface area contributed by atoms with E-state index in [1.54, 1.807) is 0 Å². The van der Waals surface area contributed by atoms with Crippen LogP contribution in [0.2, 0.25) is 0 Å². The molecule has 6 heteroatoms. The van der Waals surface area contributed by atoms with Crippen LogP contribution in [0.1, 0.15) is 56.4 Å². The third-order valence-electron chi connectivity index (χ3n) is 6.38. The van der Waals surface area contributed by atoms with E-state index in [9.17, 15) is 9.90 Å². The lowest BCUT2D eigenvalue weighted by molar-refractivity contribution is -0.136. The van der Waals surface area contributed by atoms with Crippen LogP contribution in [0.5, 0.6) is 0 Å². The topological polar surface area (TPSA) is 79.5 Å². The second kappa shape index (κ2) is 8.03. The Hall–Kier alpha value is -2.21. The van der Waals surface area contributed by atoms with E-state index in [4.69, 9.17) is 4.52 Å². The van der Waals surface area contributed by atoms with Crippen molar-refractivity contribution in [3.05, 3.63) is 35.7 Å². The average molecular weight is 383 g/mol. The standard InChI is InChI=1S/C22H29N3O3/c1-16-8-10-17(11-9-16)21-23-19(28-24-21)6-2-7-20(27)25-14-4-13-22(15-25)12-3-5-18(22)26/h8-11,18,26H,2-7,12-15H2,1H3/t18-,22+/m1/s1. The number of carbonyl (C=O) groups is 1. The van der Waals surface area contributed by atoms with Crippen molar-refractivity contribution < 1.29 is 14.4 Å². The van der Waals surface area contributed by atoms with Crippen LogP contribution in [0.4, 0.5) is 0 Å². The number of aliphatic hydroxyl groups excluding tert-OH is 1. The van der Waals surface area contributed by atoms with E-state index < -0.39 is 0 Å². The van der Waals surface area contributed by atoms with E-state index in [0.717, 1.165) is 44.2 Å². The number of aryl methyl sites for hydroxylation is 2. The number of nitrogens with zero attached hydrogens (tertiary/aromatic N) is 3. The molecular formula is C22H29N3O3. The molecule has 2 aromatic rings. The van der Waals surface area contributed by atoms with Crippen molar-refractivity contribution in [2.75, 3.05) is 13.1 Å². The first-order chi connectivity index (χ1) is 13.6. The van der Waals surface area contributed by atoms with Gasteiger partial charge in [0.15, 0.2) is 0 Å². The zero-order valence-electron chi connectivity index (χ0n) is 16.6. The highest BCUT2D eigenvalue weighted by Gasteiger charge is 2.45. The van der Waals surface area contributed by atoms with E-state index in [1.165, 1.54) is 5.56 Å². The monoisotopic (exact) mass is 383 g/mol. The lowest BCUT2D eigenvalue weighted by Crippen LogP contribution is -2.49. The number of hydrogen-bond acceptors (Lipinski definition) is 5. The van der Waals surface area contributed by atoms with Crippen molar-refractivity contribution in [2.45, 2.75) is 64.4 Å². The van der Waals surface area contributed by atoms with Gasteiger partial charge in [0.25, 0.3) is 0 Å². The molecule has 1 N–H and O–H groups in total. The molecule has 1 aliphatic carbocycles. The molecule has 2 heterocycles. The Labute approximate surface area is 165 Å². The van der Waals surface area contributed by atoms with Crippen LogP contribution < -0.4 is 0 Å². The molecule has 1 aliphatic heterocycles. The van der Waals surface area contributed by atoms with Crippen LogP contribution in [0.25, 0.3) is 11.4 Å². The number of amides is 1. The summed E-state index contributed by atoms with van der Waals surface area (Å²) in [4.78, 5) is 19.1. The molecule has 150 valence electrons. The van der Waals surface area contributed by atoms with Crippen molar-refractivity contribution in [3.8, 4) is 11.4 Å². The molecule has 0 bridgehead atoms. The second-order valence-corrected chi connectivity index (χ2v) is 8.42. The largest absolute Gasteiger partial charge is 0.392 e. The minimum Gasteiger partial charge on any atom is -0.392 e. The van der Waals surface area contributed by atoms with Gasteiger partial charge < -0.3 is 14.5 Å². The van der Waals surface area contributed by atoms with Gasteiger partial charge in [-0.15, -0.1) is 0 Å². The minimum absolute atomic E-state index is 0.0522. The number of carbonyl (C=O) groups excluding carboxylic acids is 1. The van der Waals surface area contributed by atoms with E-state index in [0.29, 0.717) is 37.5 Å².